The number of aromatic amines is 1. The van der Waals surface area contributed by atoms with E-state index in [1.54, 1.807) is 0 Å². The van der Waals surface area contributed by atoms with Gasteiger partial charge in [-0.2, -0.15) is 0 Å². The molecule has 0 spiro atoms. The molecule has 2 nitrogen and oxygen atoms in total. The maximum atomic E-state index is 4.33. The van der Waals surface area contributed by atoms with Gasteiger partial charge in [0.1, 0.15) is 0 Å². The zero-order chi connectivity index (χ0) is 17.4. The van der Waals surface area contributed by atoms with Gasteiger partial charge >= 0.3 is 0 Å². The van der Waals surface area contributed by atoms with Gasteiger partial charge in [0, 0.05) is 28.4 Å². The van der Waals surface area contributed by atoms with Crippen LogP contribution in [0.15, 0.2) is 60.8 Å². The van der Waals surface area contributed by atoms with Crippen molar-refractivity contribution < 1.29 is 0 Å². The van der Waals surface area contributed by atoms with Gasteiger partial charge in [0.15, 0.2) is 0 Å². The molecule has 0 amide bonds. The van der Waals surface area contributed by atoms with Gasteiger partial charge in [-0.25, -0.2) is 0 Å². The van der Waals surface area contributed by atoms with Crippen LogP contribution in [-0.2, 0) is 0 Å². The minimum atomic E-state index is 0.427. The summed E-state index contributed by atoms with van der Waals surface area (Å²) in [7, 11) is 0. The predicted octanol–water partition coefficient (Wildman–Crippen LogP) is 6.13. The van der Waals surface area contributed by atoms with Crippen LogP contribution in [0.4, 0.5) is 0 Å². The fraction of sp³-hybridized carbons (Fsp3) is 0.174. The lowest BCUT2D eigenvalue weighted by atomic mass is 9.94. The average Bonchev–Trinajstić information content (AvgIpc) is 3.01. The molecule has 1 radical (unpaired) electrons. The average molecular weight is 325 g/mol. The largest absolute Gasteiger partial charge is 0.354 e. The minimum Gasteiger partial charge on any atom is -0.354 e. The van der Waals surface area contributed by atoms with Crippen molar-refractivity contribution >= 4 is 10.9 Å². The molecule has 0 unspecified atom stereocenters. The highest BCUT2D eigenvalue weighted by Gasteiger charge is 2.16. The number of hydrogen-bond donors (Lipinski definition) is 1. The molecule has 2 aromatic carbocycles. The van der Waals surface area contributed by atoms with Crippen molar-refractivity contribution in [3.8, 4) is 22.4 Å². The fourth-order valence-corrected chi connectivity index (χ4v) is 3.50. The molecule has 0 aliphatic heterocycles. The van der Waals surface area contributed by atoms with Crippen molar-refractivity contribution in [2.75, 3.05) is 0 Å². The number of pyridine rings is 1. The molecule has 4 aromatic rings. The van der Waals surface area contributed by atoms with Gasteiger partial charge in [-0.05, 0) is 59.9 Å². The number of fused-ring (bicyclic) bond motifs is 1. The summed E-state index contributed by atoms with van der Waals surface area (Å²) in [4.78, 5) is 7.96. The highest BCUT2D eigenvalue weighted by atomic mass is 14.7. The SMILES string of the molecule is Cc1cc(-c2[nH]c3ccc(-c4cc[c]cc4)cc3c2C(C)C)ccn1. The molecule has 2 heterocycles. The molecule has 1 N–H and O–H groups in total. The lowest BCUT2D eigenvalue weighted by Crippen LogP contribution is -1.91. The van der Waals surface area contributed by atoms with Crippen LogP contribution in [0.25, 0.3) is 33.3 Å². The number of hydrogen-bond acceptors (Lipinski definition) is 1. The number of nitrogens with one attached hydrogen (secondary N) is 1. The van der Waals surface area contributed by atoms with Crippen molar-refractivity contribution in [1.82, 2.24) is 9.97 Å². The Hall–Kier alpha value is -2.87. The van der Waals surface area contributed by atoms with Gasteiger partial charge in [-0.15, -0.1) is 0 Å². The number of H-pyrrole nitrogens is 1. The molecule has 0 saturated carbocycles. The Balaban J connectivity index is 1.95. The maximum Gasteiger partial charge on any atom is 0.0501 e. The lowest BCUT2D eigenvalue weighted by Gasteiger charge is -2.09. The number of nitrogens with zero attached hydrogens (tertiary/aromatic N) is 1. The van der Waals surface area contributed by atoms with Gasteiger partial charge < -0.3 is 4.98 Å². The zero-order valence-corrected chi connectivity index (χ0v) is 14.8. The topological polar surface area (TPSA) is 28.7 Å². The third-order valence-corrected chi connectivity index (χ3v) is 4.65. The Kier molecular flexibility index (Phi) is 3.89. The van der Waals surface area contributed by atoms with Crippen molar-refractivity contribution in [2.45, 2.75) is 26.7 Å². The van der Waals surface area contributed by atoms with Gasteiger partial charge in [0.05, 0.1) is 5.69 Å². The van der Waals surface area contributed by atoms with E-state index in [2.05, 4.69) is 72.3 Å². The summed E-state index contributed by atoms with van der Waals surface area (Å²) in [6, 6.07) is 22.1. The number of rotatable bonds is 3. The van der Waals surface area contributed by atoms with E-state index in [-0.39, 0.29) is 0 Å². The molecule has 0 bridgehead atoms. The number of aromatic nitrogens is 2. The summed E-state index contributed by atoms with van der Waals surface area (Å²) in [5.41, 5.74) is 8.44. The van der Waals surface area contributed by atoms with E-state index in [9.17, 15) is 0 Å². The normalized spacial score (nSPS) is 11.4. The molecule has 25 heavy (non-hydrogen) atoms. The quantitative estimate of drug-likeness (QED) is 0.482. The van der Waals surface area contributed by atoms with E-state index >= 15 is 0 Å². The first-order valence-electron chi connectivity index (χ1n) is 8.68. The summed E-state index contributed by atoms with van der Waals surface area (Å²) in [5.74, 6) is 0.427. The van der Waals surface area contributed by atoms with Crippen LogP contribution in [0.1, 0.15) is 31.0 Å². The first kappa shape index (κ1) is 15.6. The molecule has 0 fully saturated rings. The van der Waals surface area contributed by atoms with Gasteiger partial charge in [0.2, 0.25) is 0 Å². The fourth-order valence-electron chi connectivity index (χ4n) is 3.50. The molecule has 2 aromatic heterocycles. The summed E-state index contributed by atoms with van der Waals surface area (Å²) < 4.78 is 0. The highest BCUT2D eigenvalue weighted by Crippen LogP contribution is 2.37. The third-order valence-electron chi connectivity index (χ3n) is 4.65. The first-order chi connectivity index (χ1) is 12.1. The molecule has 0 aliphatic rings. The van der Waals surface area contributed by atoms with Gasteiger partial charge in [0.25, 0.3) is 0 Å². The first-order valence-corrected chi connectivity index (χ1v) is 8.68. The summed E-state index contributed by atoms with van der Waals surface area (Å²) in [6.07, 6.45) is 1.88. The van der Waals surface area contributed by atoms with E-state index in [0.717, 1.165) is 5.69 Å². The number of benzene rings is 2. The highest BCUT2D eigenvalue weighted by molar-refractivity contribution is 5.94. The van der Waals surface area contributed by atoms with E-state index < -0.39 is 0 Å². The van der Waals surface area contributed by atoms with Crippen LogP contribution in [0.5, 0.6) is 0 Å². The molecule has 0 saturated heterocycles. The lowest BCUT2D eigenvalue weighted by molar-refractivity contribution is 0.878. The van der Waals surface area contributed by atoms with Crippen LogP contribution in [0.3, 0.4) is 0 Å². The molecule has 0 aliphatic carbocycles. The standard InChI is InChI=1S/C23H21N2/c1-15(2)22-20-14-18(17-7-5-4-6-8-17)9-10-21(20)25-23(22)19-11-12-24-16(3)13-19/h5-15,25H,1-3H3. The van der Waals surface area contributed by atoms with Crippen LogP contribution in [-0.4, -0.2) is 9.97 Å². The summed E-state index contributed by atoms with van der Waals surface area (Å²) >= 11 is 0. The van der Waals surface area contributed by atoms with Crippen LogP contribution in [0.2, 0.25) is 0 Å². The molecular weight excluding hydrogens is 304 g/mol. The minimum absolute atomic E-state index is 0.427. The predicted molar refractivity (Wildman–Crippen MR) is 105 cm³/mol. The third kappa shape index (κ3) is 2.85. The molecular formula is C23H21N2. The van der Waals surface area contributed by atoms with Gasteiger partial charge in [-0.1, -0.05) is 44.2 Å². The van der Waals surface area contributed by atoms with Crippen molar-refractivity contribution in [1.29, 1.82) is 0 Å². The second-order valence-electron chi connectivity index (χ2n) is 6.80. The molecule has 0 atom stereocenters. The smallest absolute Gasteiger partial charge is 0.0501 e. The Morgan fingerprint density at radius 2 is 1.72 bits per heavy atom. The van der Waals surface area contributed by atoms with Crippen LogP contribution < -0.4 is 0 Å². The molecule has 2 heteroatoms. The van der Waals surface area contributed by atoms with E-state index in [1.807, 2.05) is 25.3 Å². The van der Waals surface area contributed by atoms with Crippen LogP contribution in [0, 0.1) is 13.0 Å². The monoisotopic (exact) mass is 325 g/mol. The number of aryl methyl sites for hydroxylation is 1. The Labute approximate surface area is 148 Å². The van der Waals surface area contributed by atoms with E-state index in [4.69, 9.17) is 0 Å². The zero-order valence-electron chi connectivity index (χ0n) is 14.8. The summed E-state index contributed by atoms with van der Waals surface area (Å²) in [6.45, 7) is 6.54. The second kappa shape index (κ2) is 6.21. The van der Waals surface area contributed by atoms with Crippen molar-refractivity contribution in [2.24, 2.45) is 0 Å². The summed E-state index contributed by atoms with van der Waals surface area (Å²) in [5, 5.41) is 1.30. The Bertz CT molecular complexity index is 1030. The van der Waals surface area contributed by atoms with E-state index in [1.165, 1.54) is 38.9 Å². The Morgan fingerprint density at radius 3 is 2.44 bits per heavy atom. The molecule has 4 rings (SSSR count). The van der Waals surface area contributed by atoms with Gasteiger partial charge in [-0.3, -0.25) is 4.98 Å². The Morgan fingerprint density at radius 1 is 0.920 bits per heavy atom. The van der Waals surface area contributed by atoms with Crippen molar-refractivity contribution in [3.05, 3.63) is 78.1 Å². The maximum absolute atomic E-state index is 4.33. The molecule has 123 valence electrons. The second-order valence-corrected chi connectivity index (χ2v) is 6.80. The van der Waals surface area contributed by atoms with E-state index in [0.29, 0.717) is 5.92 Å². The van der Waals surface area contributed by atoms with Crippen molar-refractivity contribution in [3.63, 3.8) is 0 Å². The van der Waals surface area contributed by atoms with Crippen LogP contribution >= 0.6 is 0 Å².